The lowest BCUT2D eigenvalue weighted by atomic mass is 10.1. The van der Waals surface area contributed by atoms with Gasteiger partial charge in [0.1, 0.15) is 12.2 Å². The van der Waals surface area contributed by atoms with Crippen LogP contribution in [0.4, 0.5) is 5.95 Å². The van der Waals surface area contributed by atoms with Gasteiger partial charge in [-0.15, -0.1) is 0 Å². The Balaban J connectivity index is 2.01. The molecule has 4 atom stereocenters. The molecule has 0 amide bonds. The lowest BCUT2D eigenvalue weighted by Gasteiger charge is -2.16. The number of hydrogen-bond donors (Lipinski definition) is 5. The Morgan fingerprint density at radius 3 is 2.86 bits per heavy atom. The Morgan fingerprint density at radius 1 is 1.45 bits per heavy atom. The monoisotopic (exact) mass is 311 g/mol. The van der Waals surface area contributed by atoms with Gasteiger partial charge in [0, 0.05) is 0 Å². The molecule has 6 N–H and O–H groups in total. The van der Waals surface area contributed by atoms with Gasteiger partial charge in [-0.2, -0.15) is 4.98 Å². The van der Waals surface area contributed by atoms with E-state index in [-0.39, 0.29) is 17.1 Å². The number of H-pyrrole nitrogens is 1. The van der Waals surface area contributed by atoms with Crippen LogP contribution in [0, 0.1) is 0 Å². The third-order valence-corrected chi connectivity index (χ3v) is 3.44. The molecule has 3 rings (SSSR count). The molecule has 2 aromatic heterocycles. The molecule has 118 valence electrons. The summed E-state index contributed by atoms with van der Waals surface area (Å²) in [6.07, 6.45) is -4.28. The number of nitrogen functional groups attached to an aromatic ring is 1. The molecule has 22 heavy (non-hydrogen) atoms. The van der Waals surface area contributed by atoms with Crippen molar-refractivity contribution in [3.05, 3.63) is 16.7 Å². The van der Waals surface area contributed by atoms with E-state index in [1.807, 2.05) is 0 Å². The molecule has 11 heteroatoms. The highest BCUT2D eigenvalue weighted by atomic mass is 16.6. The van der Waals surface area contributed by atoms with Crippen LogP contribution in [0.15, 0.2) is 11.1 Å². The first kappa shape index (κ1) is 14.4. The molecule has 1 saturated heterocycles. The number of hydrogen-bond acceptors (Lipinski definition) is 8. The average Bonchev–Trinajstić information content (AvgIpc) is 2.95. The molecule has 0 radical (unpaired) electrons. The summed E-state index contributed by atoms with van der Waals surface area (Å²) in [5, 5.41) is 28.7. The van der Waals surface area contributed by atoms with Crippen molar-refractivity contribution >= 4 is 23.1 Å². The number of rotatable bonds is 3. The first-order valence-electron chi connectivity index (χ1n) is 6.34. The first-order valence-corrected chi connectivity index (χ1v) is 6.34. The van der Waals surface area contributed by atoms with Gasteiger partial charge in [-0.25, -0.2) is 4.98 Å². The fourth-order valence-corrected chi connectivity index (χ4v) is 2.43. The number of nitrogens with two attached hydrogens (primary N) is 1. The number of anilines is 1. The number of aromatic nitrogens is 4. The minimum atomic E-state index is -1.40. The maximum absolute atomic E-state index is 11.7. The van der Waals surface area contributed by atoms with E-state index in [0.29, 0.717) is 0 Å². The van der Waals surface area contributed by atoms with Gasteiger partial charge in [0.05, 0.1) is 18.9 Å². The van der Waals surface area contributed by atoms with Gasteiger partial charge in [-0.1, -0.05) is 0 Å². The fraction of sp³-hybridized carbons (Fsp3) is 0.455. The number of aliphatic hydroxyl groups is 2. The quantitative estimate of drug-likeness (QED) is 0.420. The number of nitrogens with zero attached hydrogens (tertiary/aromatic N) is 3. The van der Waals surface area contributed by atoms with Gasteiger partial charge in [-0.3, -0.25) is 19.1 Å². The minimum Gasteiger partial charge on any atom is -0.481 e. The van der Waals surface area contributed by atoms with Gasteiger partial charge < -0.3 is 25.8 Å². The van der Waals surface area contributed by atoms with Crippen LogP contribution in [0.3, 0.4) is 0 Å². The minimum absolute atomic E-state index is 0.0128. The molecule has 11 nitrogen and oxygen atoms in total. The normalized spacial score (nSPS) is 28.3. The van der Waals surface area contributed by atoms with Crippen molar-refractivity contribution in [2.24, 2.45) is 0 Å². The molecule has 0 saturated carbocycles. The summed E-state index contributed by atoms with van der Waals surface area (Å²) in [6, 6.07) is 0. The number of fused-ring (bicyclic) bond motifs is 1. The molecular weight excluding hydrogens is 298 g/mol. The van der Waals surface area contributed by atoms with Gasteiger partial charge in [0.2, 0.25) is 5.95 Å². The van der Waals surface area contributed by atoms with Crippen LogP contribution in [0.25, 0.3) is 11.2 Å². The van der Waals surface area contributed by atoms with Crippen LogP contribution in [0.1, 0.15) is 12.6 Å². The van der Waals surface area contributed by atoms with Crippen LogP contribution in [0.2, 0.25) is 0 Å². The Labute approximate surface area is 122 Å². The molecule has 0 aliphatic carbocycles. The lowest BCUT2D eigenvalue weighted by molar-refractivity contribution is -0.141. The predicted octanol–water partition coefficient (Wildman–Crippen LogP) is -2.20. The maximum Gasteiger partial charge on any atom is 0.306 e. The second-order valence-corrected chi connectivity index (χ2v) is 4.92. The van der Waals surface area contributed by atoms with Crippen molar-refractivity contribution in [1.29, 1.82) is 0 Å². The Bertz CT molecular complexity index is 785. The number of ether oxygens (including phenoxy) is 1. The Hall–Kier alpha value is -2.50. The number of aromatic amines is 1. The lowest BCUT2D eigenvalue weighted by Crippen LogP contribution is -2.32. The van der Waals surface area contributed by atoms with Gasteiger partial charge >= 0.3 is 5.97 Å². The molecule has 0 unspecified atom stereocenters. The van der Waals surface area contributed by atoms with Gasteiger partial charge in [0.15, 0.2) is 17.4 Å². The zero-order valence-electron chi connectivity index (χ0n) is 11.1. The zero-order valence-corrected chi connectivity index (χ0v) is 11.1. The van der Waals surface area contributed by atoms with E-state index < -0.39 is 42.5 Å². The van der Waals surface area contributed by atoms with E-state index in [1.54, 1.807) is 0 Å². The van der Waals surface area contributed by atoms with Crippen molar-refractivity contribution in [2.45, 2.75) is 31.0 Å². The third-order valence-electron chi connectivity index (χ3n) is 3.44. The third kappa shape index (κ3) is 2.20. The van der Waals surface area contributed by atoms with Crippen molar-refractivity contribution < 1.29 is 24.9 Å². The number of aliphatic carboxylic acids is 1. The molecule has 0 bridgehead atoms. The summed E-state index contributed by atoms with van der Waals surface area (Å²) in [6.45, 7) is 0. The van der Waals surface area contributed by atoms with E-state index >= 15 is 0 Å². The largest absolute Gasteiger partial charge is 0.481 e. The number of carbonyl (C=O) groups is 1. The predicted molar refractivity (Wildman–Crippen MR) is 70.7 cm³/mol. The van der Waals surface area contributed by atoms with E-state index in [1.165, 1.54) is 10.9 Å². The summed E-state index contributed by atoms with van der Waals surface area (Å²) in [4.78, 5) is 32.5. The van der Waals surface area contributed by atoms with E-state index in [2.05, 4.69) is 15.0 Å². The number of nitrogens with one attached hydrogen (secondary N) is 1. The first-order chi connectivity index (χ1) is 10.4. The average molecular weight is 311 g/mol. The topological polar surface area (TPSA) is 177 Å². The highest BCUT2D eigenvalue weighted by Crippen LogP contribution is 2.32. The maximum atomic E-state index is 11.7. The summed E-state index contributed by atoms with van der Waals surface area (Å²) >= 11 is 0. The standard InChI is InChI=1S/C11H13N5O6/c12-11-14-8-5(9(21)15-11)13-2-16(8)10-7(20)6(19)3(22-10)1-4(17)18/h2-3,6-7,10,19-20H,1H2,(H,17,18)(H3,12,14,15,21)/t3-,6-,7-,10-/m1/s1. The van der Waals surface area contributed by atoms with E-state index in [9.17, 15) is 19.8 Å². The van der Waals surface area contributed by atoms with Gasteiger partial charge in [0.25, 0.3) is 5.56 Å². The number of imidazole rings is 1. The molecule has 2 aromatic rings. The smallest absolute Gasteiger partial charge is 0.306 e. The number of aliphatic hydroxyl groups excluding tert-OH is 2. The molecule has 0 aromatic carbocycles. The fourth-order valence-electron chi connectivity index (χ4n) is 2.43. The highest BCUT2D eigenvalue weighted by Gasteiger charge is 2.45. The Morgan fingerprint density at radius 2 is 2.18 bits per heavy atom. The zero-order chi connectivity index (χ0) is 16.0. The SMILES string of the molecule is Nc1nc2c(ncn2[C@@H]2O[C@H](CC(=O)O)[C@@H](O)[C@H]2O)c(=O)[nH]1. The van der Waals surface area contributed by atoms with E-state index in [0.717, 1.165) is 0 Å². The summed E-state index contributed by atoms with van der Waals surface area (Å²) in [7, 11) is 0. The van der Waals surface area contributed by atoms with E-state index in [4.69, 9.17) is 15.6 Å². The van der Waals surface area contributed by atoms with Crippen molar-refractivity contribution in [3.8, 4) is 0 Å². The van der Waals surface area contributed by atoms with Crippen molar-refractivity contribution in [3.63, 3.8) is 0 Å². The second kappa shape index (κ2) is 5.05. The summed E-state index contributed by atoms with van der Waals surface area (Å²) in [5.41, 5.74) is 4.96. The van der Waals surface area contributed by atoms with Gasteiger partial charge in [-0.05, 0) is 0 Å². The molecule has 1 aliphatic rings. The Kier molecular flexibility index (Phi) is 3.31. The number of carboxylic acids is 1. The van der Waals surface area contributed by atoms with Crippen LogP contribution in [0.5, 0.6) is 0 Å². The number of carboxylic acid groups (broad SMARTS) is 1. The molecular formula is C11H13N5O6. The summed E-state index contributed by atoms with van der Waals surface area (Å²) < 4.78 is 6.61. The van der Waals surface area contributed by atoms with Crippen LogP contribution >= 0.6 is 0 Å². The van der Waals surface area contributed by atoms with Crippen LogP contribution in [-0.2, 0) is 9.53 Å². The molecule has 3 heterocycles. The second-order valence-electron chi connectivity index (χ2n) is 4.92. The molecule has 0 spiro atoms. The van der Waals surface area contributed by atoms with Crippen molar-refractivity contribution in [2.75, 3.05) is 5.73 Å². The molecule has 1 fully saturated rings. The van der Waals surface area contributed by atoms with Crippen molar-refractivity contribution in [1.82, 2.24) is 19.5 Å². The summed E-state index contributed by atoms with van der Waals surface area (Å²) in [5.74, 6) is -1.32. The highest BCUT2D eigenvalue weighted by molar-refractivity contribution is 5.70. The van der Waals surface area contributed by atoms with Crippen LogP contribution in [-0.4, -0.2) is 59.1 Å². The van der Waals surface area contributed by atoms with Crippen LogP contribution < -0.4 is 11.3 Å². The molecule has 1 aliphatic heterocycles.